The fourth-order valence-electron chi connectivity index (χ4n) is 2.47. The predicted molar refractivity (Wildman–Crippen MR) is 75.6 cm³/mol. The molecule has 8 heteroatoms. The van der Waals surface area contributed by atoms with E-state index in [4.69, 9.17) is 9.47 Å². The fraction of sp³-hybridized carbons (Fsp3) is 0.533. The van der Waals surface area contributed by atoms with Crippen molar-refractivity contribution in [2.24, 2.45) is 0 Å². The third kappa shape index (κ3) is 3.66. The summed E-state index contributed by atoms with van der Waals surface area (Å²) in [5.41, 5.74) is 0.206. The van der Waals surface area contributed by atoms with E-state index in [9.17, 15) is 23.8 Å². The maximum absolute atomic E-state index is 14.1. The molecule has 1 saturated heterocycles. The molecule has 0 spiro atoms. The molecule has 0 bridgehead atoms. The molecular weight excluding hydrogens is 312 g/mol. The Balaban J connectivity index is 2.29. The maximum atomic E-state index is 14.1. The molecule has 0 saturated carbocycles. The van der Waals surface area contributed by atoms with E-state index in [2.05, 4.69) is 5.32 Å². The Morgan fingerprint density at radius 3 is 2.70 bits per heavy atom. The minimum absolute atomic E-state index is 0.000747. The lowest BCUT2D eigenvalue weighted by molar-refractivity contribution is -0.130. The monoisotopic (exact) mass is 331 g/mol. The van der Waals surface area contributed by atoms with Crippen LogP contribution >= 0.6 is 0 Å². The summed E-state index contributed by atoms with van der Waals surface area (Å²) in [7, 11) is 1.42. The van der Waals surface area contributed by atoms with Crippen LogP contribution in [0.5, 0.6) is 0 Å². The number of aliphatic hydroxyl groups is 2. The van der Waals surface area contributed by atoms with Gasteiger partial charge in [0.1, 0.15) is 42.7 Å². The first kappa shape index (κ1) is 17.7. The van der Waals surface area contributed by atoms with Crippen molar-refractivity contribution in [1.82, 2.24) is 5.32 Å². The number of halogens is 2. The lowest BCUT2D eigenvalue weighted by atomic mass is 9.99. The third-order valence-electron chi connectivity index (χ3n) is 3.79. The zero-order valence-electron chi connectivity index (χ0n) is 12.8. The number of benzene rings is 1. The molecule has 6 nitrogen and oxygen atoms in total. The van der Waals surface area contributed by atoms with Gasteiger partial charge in [0.2, 0.25) is 5.91 Å². The third-order valence-corrected chi connectivity index (χ3v) is 3.79. The van der Waals surface area contributed by atoms with Gasteiger partial charge in [-0.05, 0) is 18.6 Å². The average Bonchev–Trinajstić information content (AvgIpc) is 2.84. The SMILES string of the molecule is CNC(=O)COC1C(O)[C@@H](CO)O[C@H]1c1cc(C)c(F)cc1F. The van der Waals surface area contributed by atoms with E-state index >= 15 is 0 Å². The molecule has 128 valence electrons. The molecule has 1 amide bonds. The molecule has 1 heterocycles. The van der Waals surface area contributed by atoms with Crippen LogP contribution in [0.1, 0.15) is 17.2 Å². The van der Waals surface area contributed by atoms with Crippen molar-refractivity contribution >= 4 is 5.91 Å². The van der Waals surface area contributed by atoms with Crippen LogP contribution in [-0.2, 0) is 14.3 Å². The van der Waals surface area contributed by atoms with Gasteiger partial charge < -0.3 is 25.0 Å². The molecule has 23 heavy (non-hydrogen) atoms. The highest BCUT2D eigenvalue weighted by Crippen LogP contribution is 2.37. The Hall–Kier alpha value is -1.61. The van der Waals surface area contributed by atoms with E-state index in [0.717, 1.165) is 6.07 Å². The van der Waals surface area contributed by atoms with Crippen LogP contribution in [0.2, 0.25) is 0 Å². The Morgan fingerprint density at radius 2 is 2.09 bits per heavy atom. The molecule has 1 aromatic carbocycles. The molecule has 1 aromatic rings. The molecule has 3 N–H and O–H groups in total. The van der Waals surface area contributed by atoms with Crippen molar-refractivity contribution in [3.8, 4) is 0 Å². The van der Waals surface area contributed by atoms with Crippen molar-refractivity contribution in [1.29, 1.82) is 0 Å². The molecule has 1 fully saturated rings. The second kappa shape index (κ2) is 7.31. The van der Waals surface area contributed by atoms with Gasteiger partial charge in [0, 0.05) is 18.7 Å². The lowest BCUT2D eigenvalue weighted by Gasteiger charge is -2.21. The lowest BCUT2D eigenvalue weighted by Crippen LogP contribution is -2.37. The number of ether oxygens (including phenoxy) is 2. The minimum atomic E-state index is -1.25. The van der Waals surface area contributed by atoms with Crippen molar-refractivity contribution < 1.29 is 33.3 Å². The van der Waals surface area contributed by atoms with Crippen LogP contribution < -0.4 is 5.32 Å². The molecule has 1 aliphatic heterocycles. The first-order valence-electron chi connectivity index (χ1n) is 7.11. The quantitative estimate of drug-likeness (QED) is 0.717. The van der Waals surface area contributed by atoms with Gasteiger partial charge in [-0.3, -0.25) is 4.79 Å². The zero-order valence-corrected chi connectivity index (χ0v) is 12.8. The van der Waals surface area contributed by atoms with E-state index in [0.29, 0.717) is 0 Å². The van der Waals surface area contributed by atoms with E-state index in [1.807, 2.05) is 0 Å². The Bertz CT molecular complexity index is 583. The van der Waals surface area contributed by atoms with Gasteiger partial charge >= 0.3 is 0 Å². The van der Waals surface area contributed by atoms with E-state index in [1.165, 1.54) is 20.0 Å². The maximum Gasteiger partial charge on any atom is 0.245 e. The number of amides is 1. The summed E-state index contributed by atoms with van der Waals surface area (Å²) in [6, 6.07) is 1.99. The van der Waals surface area contributed by atoms with Crippen molar-refractivity contribution in [3.05, 3.63) is 34.9 Å². The van der Waals surface area contributed by atoms with Gasteiger partial charge in [0.15, 0.2) is 0 Å². The number of hydrogen-bond acceptors (Lipinski definition) is 5. The Labute approximate surface area is 132 Å². The number of nitrogens with one attached hydrogen (secondary N) is 1. The predicted octanol–water partition coefficient (Wildman–Crippen LogP) is 0.198. The van der Waals surface area contributed by atoms with Crippen LogP contribution in [-0.4, -0.2) is 54.7 Å². The number of carbonyl (C=O) groups excluding carboxylic acids is 1. The molecule has 0 radical (unpaired) electrons. The van der Waals surface area contributed by atoms with Crippen LogP contribution in [0.4, 0.5) is 8.78 Å². The summed E-state index contributed by atoms with van der Waals surface area (Å²) in [6.07, 6.45) is -4.37. The van der Waals surface area contributed by atoms with Crippen LogP contribution in [0.25, 0.3) is 0 Å². The Morgan fingerprint density at radius 1 is 1.39 bits per heavy atom. The van der Waals surface area contributed by atoms with E-state index in [1.54, 1.807) is 0 Å². The number of carbonyl (C=O) groups is 1. The van der Waals surface area contributed by atoms with Gasteiger partial charge in [-0.15, -0.1) is 0 Å². The molecule has 1 aliphatic rings. The molecule has 2 rings (SSSR count). The van der Waals surface area contributed by atoms with Crippen molar-refractivity contribution in [3.63, 3.8) is 0 Å². The van der Waals surface area contributed by atoms with Gasteiger partial charge in [-0.1, -0.05) is 0 Å². The topological polar surface area (TPSA) is 88.0 Å². The number of rotatable bonds is 5. The molecule has 0 aliphatic carbocycles. The Kier molecular flexibility index (Phi) is 5.64. The normalized spacial score (nSPS) is 27.2. The molecule has 2 unspecified atom stereocenters. The highest BCUT2D eigenvalue weighted by Gasteiger charge is 2.46. The average molecular weight is 331 g/mol. The highest BCUT2D eigenvalue weighted by molar-refractivity contribution is 5.76. The highest BCUT2D eigenvalue weighted by atomic mass is 19.1. The first-order chi connectivity index (χ1) is 10.9. The summed E-state index contributed by atoms with van der Waals surface area (Å²) in [6.45, 7) is 0.602. The number of hydrogen-bond donors (Lipinski definition) is 3. The summed E-state index contributed by atoms with van der Waals surface area (Å²) < 4.78 is 38.3. The second-order valence-corrected chi connectivity index (χ2v) is 5.34. The first-order valence-corrected chi connectivity index (χ1v) is 7.11. The summed E-state index contributed by atoms with van der Waals surface area (Å²) in [5, 5.41) is 21.7. The minimum Gasteiger partial charge on any atom is -0.394 e. The van der Waals surface area contributed by atoms with Crippen LogP contribution in [0.15, 0.2) is 12.1 Å². The van der Waals surface area contributed by atoms with Gasteiger partial charge in [0.25, 0.3) is 0 Å². The van der Waals surface area contributed by atoms with Gasteiger partial charge in [-0.25, -0.2) is 8.78 Å². The van der Waals surface area contributed by atoms with Gasteiger partial charge in [0.05, 0.1) is 6.61 Å². The number of likely N-dealkylation sites (N-methyl/N-ethyl adjacent to an activating group) is 1. The van der Waals surface area contributed by atoms with E-state index < -0.39 is 48.6 Å². The van der Waals surface area contributed by atoms with Crippen LogP contribution in [0, 0.1) is 18.6 Å². The zero-order chi connectivity index (χ0) is 17.1. The number of aliphatic hydroxyl groups excluding tert-OH is 2. The second-order valence-electron chi connectivity index (χ2n) is 5.34. The largest absolute Gasteiger partial charge is 0.394 e. The fourth-order valence-corrected chi connectivity index (χ4v) is 2.47. The summed E-state index contributed by atoms with van der Waals surface area (Å²) in [5.74, 6) is -1.98. The van der Waals surface area contributed by atoms with Gasteiger partial charge in [-0.2, -0.15) is 0 Å². The summed E-state index contributed by atoms with van der Waals surface area (Å²) in [4.78, 5) is 11.3. The smallest absolute Gasteiger partial charge is 0.245 e. The standard InChI is InChI=1S/C15H19F2NO5/c1-7-3-8(10(17)4-9(7)16)14-15(22-6-12(20)18-2)13(21)11(5-19)23-14/h3-4,11,13-15,19,21H,5-6H2,1-2H3,(H,18,20)/t11-,13?,14+,15?/m1/s1. The summed E-state index contributed by atoms with van der Waals surface area (Å²) >= 11 is 0. The van der Waals surface area contributed by atoms with E-state index in [-0.39, 0.29) is 17.7 Å². The van der Waals surface area contributed by atoms with Crippen molar-refractivity contribution in [2.45, 2.75) is 31.3 Å². The molecule has 4 atom stereocenters. The van der Waals surface area contributed by atoms with Crippen LogP contribution in [0.3, 0.4) is 0 Å². The molecular formula is C15H19F2NO5. The van der Waals surface area contributed by atoms with Crippen molar-refractivity contribution in [2.75, 3.05) is 20.3 Å². The number of aryl methyl sites for hydroxylation is 1. The molecule has 0 aromatic heterocycles.